The van der Waals surface area contributed by atoms with Crippen molar-refractivity contribution in [3.05, 3.63) is 35.6 Å². The fraction of sp³-hybridized carbons (Fsp3) is 0.571. The van der Waals surface area contributed by atoms with E-state index >= 15 is 0 Å². The molecule has 2 atom stereocenters. The first-order chi connectivity index (χ1) is 8.44. The lowest BCUT2D eigenvalue weighted by Crippen LogP contribution is -2.40. The van der Waals surface area contributed by atoms with Crippen LogP contribution in [0.1, 0.15) is 25.8 Å². The van der Waals surface area contributed by atoms with Gasteiger partial charge in [0.2, 0.25) is 0 Å². The van der Waals surface area contributed by atoms with Crippen molar-refractivity contribution in [2.45, 2.75) is 38.5 Å². The second-order valence-corrected chi connectivity index (χ2v) is 4.94. The van der Waals surface area contributed by atoms with Crippen molar-refractivity contribution < 1.29 is 14.2 Å². The summed E-state index contributed by atoms with van der Waals surface area (Å²) in [5, 5.41) is 13.2. The number of methoxy groups -OCH3 is 1. The third-order valence-corrected chi connectivity index (χ3v) is 2.91. The van der Waals surface area contributed by atoms with E-state index < -0.39 is 5.60 Å². The van der Waals surface area contributed by atoms with E-state index in [2.05, 4.69) is 5.32 Å². The van der Waals surface area contributed by atoms with E-state index in [0.29, 0.717) is 25.1 Å². The van der Waals surface area contributed by atoms with E-state index in [1.807, 2.05) is 6.92 Å². The van der Waals surface area contributed by atoms with E-state index in [9.17, 15) is 9.50 Å². The van der Waals surface area contributed by atoms with Crippen LogP contribution in [0.4, 0.5) is 4.39 Å². The monoisotopic (exact) mass is 255 g/mol. The molecule has 1 aromatic carbocycles. The van der Waals surface area contributed by atoms with Crippen molar-refractivity contribution >= 4 is 0 Å². The Hall–Kier alpha value is -0.970. The van der Waals surface area contributed by atoms with Crippen LogP contribution >= 0.6 is 0 Å². The van der Waals surface area contributed by atoms with Crippen molar-refractivity contribution in [1.82, 2.24) is 5.32 Å². The molecule has 0 saturated carbocycles. The van der Waals surface area contributed by atoms with Gasteiger partial charge in [-0.15, -0.1) is 0 Å². The van der Waals surface area contributed by atoms with E-state index in [1.165, 1.54) is 6.07 Å². The van der Waals surface area contributed by atoms with Gasteiger partial charge >= 0.3 is 0 Å². The third-order valence-electron chi connectivity index (χ3n) is 2.91. The number of hydrogen-bond acceptors (Lipinski definition) is 3. The number of benzene rings is 1. The van der Waals surface area contributed by atoms with Gasteiger partial charge in [-0.25, -0.2) is 4.39 Å². The second-order valence-electron chi connectivity index (χ2n) is 4.94. The van der Waals surface area contributed by atoms with Crippen LogP contribution in [0.25, 0.3) is 0 Å². The summed E-state index contributed by atoms with van der Waals surface area (Å²) in [6.07, 6.45) is 0.531. The van der Waals surface area contributed by atoms with Crippen LogP contribution in [0.2, 0.25) is 0 Å². The molecule has 1 rings (SSSR count). The van der Waals surface area contributed by atoms with Gasteiger partial charge < -0.3 is 15.2 Å². The van der Waals surface area contributed by atoms with Crippen molar-refractivity contribution in [1.29, 1.82) is 0 Å². The highest BCUT2D eigenvalue weighted by molar-refractivity contribution is 5.16. The van der Waals surface area contributed by atoms with Gasteiger partial charge in [-0.2, -0.15) is 0 Å². The van der Waals surface area contributed by atoms with Crippen molar-refractivity contribution in [3.63, 3.8) is 0 Å². The normalized spacial score (nSPS) is 16.3. The minimum atomic E-state index is -0.860. The van der Waals surface area contributed by atoms with Crippen LogP contribution in [-0.4, -0.2) is 30.5 Å². The van der Waals surface area contributed by atoms with E-state index in [1.54, 1.807) is 32.2 Å². The van der Waals surface area contributed by atoms with Gasteiger partial charge in [0.1, 0.15) is 5.82 Å². The van der Waals surface area contributed by atoms with E-state index in [4.69, 9.17) is 4.74 Å². The molecule has 0 amide bonds. The first-order valence-corrected chi connectivity index (χ1v) is 6.14. The zero-order valence-corrected chi connectivity index (χ0v) is 11.2. The summed E-state index contributed by atoms with van der Waals surface area (Å²) >= 11 is 0. The van der Waals surface area contributed by atoms with Gasteiger partial charge in [-0.05, 0) is 19.9 Å². The maximum atomic E-state index is 13.4. The maximum absolute atomic E-state index is 13.4. The number of rotatable bonds is 7. The number of halogens is 1. The summed E-state index contributed by atoms with van der Waals surface area (Å²) in [5.41, 5.74) is -0.256. The molecule has 0 aromatic heterocycles. The molecule has 2 unspecified atom stereocenters. The Morgan fingerprint density at radius 2 is 2.11 bits per heavy atom. The zero-order chi connectivity index (χ0) is 13.6. The summed E-state index contributed by atoms with van der Waals surface area (Å²) in [5.74, 6) is -0.227. The van der Waals surface area contributed by atoms with Crippen molar-refractivity contribution in [2.24, 2.45) is 0 Å². The maximum Gasteiger partial charge on any atom is 0.127 e. The fourth-order valence-corrected chi connectivity index (χ4v) is 1.88. The van der Waals surface area contributed by atoms with Crippen LogP contribution in [-0.2, 0) is 11.3 Å². The first kappa shape index (κ1) is 15.1. The highest BCUT2D eigenvalue weighted by Crippen LogP contribution is 2.13. The van der Waals surface area contributed by atoms with Crippen LogP contribution in [0.5, 0.6) is 0 Å². The lowest BCUT2D eigenvalue weighted by atomic mass is 9.99. The molecule has 0 heterocycles. The van der Waals surface area contributed by atoms with Gasteiger partial charge in [-0.3, -0.25) is 0 Å². The van der Waals surface area contributed by atoms with Crippen LogP contribution in [0, 0.1) is 5.82 Å². The van der Waals surface area contributed by atoms with Gasteiger partial charge in [0.05, 0.1) is 11.7 Å². The molecule has 0 radical (unpaired) electrons. The Kier molecular flexibility index (Phi) is 5.72. The minimum absolute atomic E-state index is 0.00439. The predicted octanol–water partition coefficient (Wildman–Crippen LogP) is 2.09. The molecule has 2 N–H and O–H groups in total. The van der Waals surface area contributed by atoms with Crippen molar-refractivity contribution in [2.75, 3.05) is 13.7 Å². The van der Waals surface area contributed by atoms with Crippen LogP contribution in [0.15, 0.2) is 24.3 Å². The molecular formula is C14H22FNO2. The molecule has 0 saturated heterocycles. The molecule has 1 aromatic rings. The SMILES string of the molecule is COC(C)CC(C)(O)CNCc1ccccc1F. The largest absolute Gasteiger partial charge is 0.389 e. The van der Waals surface area contributed by atoms with Crippen molar-refractivity contribution in [3.8, 4) is 0 Å². The smallest absolute Gasteiger partial charge is 0.127 e. The molecule has 3 nitrogen and oxygen atoms in total. The summed E-state index contributed by atoms with van der Waals surface area (Å²) in [6, 6.07) is 6.62. The van der Waals surface area contributed by atoms with E-state index in [0.717, 1.165) is 0 Å². The molecule has 0 aliphatic rings. The molecule has 0 aliphatic heterocycles. The molecular weight excluding hydrogens is 233 g/mol. The molecule has 0 spiro atoms. The van der Waals surface area contributed by atoms with E-state index in [-0.39, 0.29) is 11.9 Å². The van der Waals surface area contributed by atoms with Gasteiger partial charge in [-0.1, -0.05) is 18.2 Å². The van der Waals surface area contributed by atoms with Gasteiger partial charge in [0.15, 0.2) is 0 Å². The number of hydrogen-bond donors (Lipinski definition) is 2. The quantitative estimate of drug-likeness (QED) is 0.784. The molecule has 0 aliphatic carbocycles. The molecule has 4 heteroatoms. The Morgan fingerprint density at radius 1 is 1.44 bits per heavy atom. The van der Waals surface area contributed by atoms with Crippen LogP contribution < -0.4 is 5.32 Å². The number of ether oxygens (including phenoxy) is 1. The molecule has 0 bridgehead atoms. The lowest BCUT2D eigenvalue weighted by molar-refractivity contribution is -0.00551. The highest BCUT2D eigenvalue weighted by atomic mass is 19.1. The second kappa shape index (κ2) is 6.83. The Bertz CT molecular complexity index is 369. The Morgan fingerprint density at radius 3 is 2.72 bits per heavy atom. The summed E-state index contributed by atoms with van der Waals surface area (Å²) in [4.78, 5) is 0. The Labute approximate surface area is 108 Å². The fourth-order valence-electron chi connectivity index (χ4n) is 1.88. The number of aliphatic hydroxyl groups is 1. The first-order valence-electron chi connectivity index (χ1n) is 6.14. The predicted molar refractivity (Wildman–Crippen MR) is 69.8 cm³/mol. The Balaban J connectivity index is 2.39. The zero-order valence-electron chi connectivity index (χ0n) is 11.2. The summed E-state index contributed by atoms with van der Waals surface area (Å²) in [6.45, 7) is 4.46. The average molecular weight is 255 g/mol. The molecule has 0 fully saturated rings. The lowest BCUT2D eigenvalue weighted by Gasteiger charge is -2.26. The topological polar surface area (TPSA) is 41.5 Å². The minimum Gasteiger partial charge on any atom is -0.389 e. The van der Waals surface area contributed by atoms with Crippen LogP contribution in [0.3, 0.4) is 0 Å². The third kappa shape index (κ3) is 5.12. The average Bonchev–Trinajstić information content (AvgIpc) is 2.30. The summed E-state index contributed by atoms with van der Waals surface area (Å²) in [7, 11) is 1.62. The molecule has 102 valence electrons. The van der Waals surface area contributed by atoms with Gasteiger partial charge in [0.25, 0.3) is 0 Å². The number of nitrogens with one attached hydrogen (secondary N) is 1. The summed E-state index contributed by atoms with van der Waals surface area (Å²) < 4.78 is 18.5. The molecule has 18 heavy (non-hydrogen) atoms. The standard InChI is InChI=1S/C14H22FNO2/c1-11(18-3)8-14(2,17)10-16-9-12-6-4-5-7-13(12)15/h4-7,11,16-17H,8-10H2,1-3H3. The highest BCUT2D eigenvalue weighted by Gasteiger charge is 2.22. The van der Waals surface area contributed by atoms with Gasteiger partial charge in [0, 0.05) is 32.2 Å².